The summed E-state index contributed by atoms with van der Waals surface area (Å²) in [5, 5.41) is 16.5. The summed E-state index contributed by atoms with van der Waals surface area (Å²) in [5.41, 5.74) is 2.15. The van der Waals surface area contributed by atoms with Gasteiger partial charge in [0.25, 0.3) is 0 Å². The Bertz CT molecular complexity index is 1000. The molecule has 10 nitrogen and oxygen atoms in total. The topological polar surface area (TPSA) is 124 Å². The predicted molar refractivity (Wildman–Crippen MR) is 133 cm³/mol. The van der Waals surface area contributed by atoms with E-state index in [4.69, 9.17) is 33.9 Å². The molecule has 0 amide bonds. The Kier molecular flexibility index (Phi) is 8.86. The van der Waals surface area contributed by atoms with Crippen LogP contribution in [0.3, 0.4) is 0 Å². The first-order chi connectivity index (χ1) is 17.8. The number of carbonyl (C=O) groups excluding carboxylic acids is 2. The predicted octanol–water partition coefficient (Wildman–Crippen LogP) is 0.993. The van der Waals surface area contributed by atoms with Crippen LogP contribution < -0.4 is 9.47 Å². The number of nitrogens with zero attached hydrogens (tertiary/aromatic N) is 1. The second-order valence-electron chi connectivity index (χ2n) is 9.76. The van der Waals surface area contributed by atoms with Gasteiger partial charge >= 0.3 is 11.9 Å². The minimum Gasteiger partial charge on any atom is -0.481 e. The third-order valence-electron chi connectivity index (χ3n) is 7.51. The van der Waals surface area contributed by atoms with Crippen LogP contribution in [0, 0.1) is 5.92 Å². The van der Waals surface area contributed by atoms with Crippen molar-refractivity contribution < 1.29 is 43.5 Å². The van der Waals surface area contributed by atoms with Gasteiger partial charge in [0.2, 0.25) is 0 Å². The highest BCUT2D eigenvalue weighted by Gasteiger charge is 2.65. The number of carbonyl (C=O) groups is 2. The molecule has 1 aromatic carbocycles. The van der Waals surface area contributed by atoms with Gasteiger partial charge < -0.3 is 38.8 Å². The number of aliphatic hydroxyl groups excluding tert-OH is 2. The zero-order valence-corrected chi connectivity index (χ0v) is 21.7. The number of likely N-dealkylation sites (N-methyl/N-ethyl adjacent to an activating group) is 1. The lowest BCUT2D eigenvalue weighted by Gasteiger charge is -2.56. The number of rotatable bonds is 9. The molecule has 10 heteroatoms. The minimum atomic E-state index is -0.439. The number of piperidine rings is 1. The molecule has 5 atom stereocenters. The van der Waals surface area contributed by atoms with Crippen molar-refractivity contribution in [2.45, 2.75) is 50.4 Å². The van der Waals surface area contributed by atoms with Crippen LogP contribution in [-0.2, 0) is 35.6 Å². The van der Waals surface area contributed by atoms with E-state index in [2.05, 4.69) is 24.1 Å². The molecule has 0 saturated carbocycles. The van der Waals surface area contributed by atoms with Crippen molar-refractivity contribution in [1.29, 1.82) is 0 Å². The molecule has 2 aliphatic heterocycles. The lowest BCUT2D eigenvalue weighted by Crippen LogP contribution is -2.65. The van der Waals surface area contributed by atoms with Gasteiger partial charge in [-0.1, -0.05) is 12.1 Å². The smallest absolute Gasteiger partial charge is 0.308 e. The lowest BCUT2D eigenvalue weighted by atomic mass is 9.53. The molecule has 4 aliphatic rings. The van der Waals surface area contributed by atoms with Crippen LogP contribution in [0.1, 0.15) is 31.4 Å². The van der Waals surface area contributed by atoms with Gasteiger partial charge in [-0.25, -0.2) is 0 Å². The van der Waals surface area contributed by atoms with Crippen LogP contribution in [0.15, 0.2) is 24.3 Å². The SMILES string of the molecule is CC(=O)Oc1ccc2c3c1O[C@H]1[C@@H](OC(C)=O)C=C[C@H]4[C@@H](C2)N(C)CC[C@@]341.OCCOCCOCCO. The molecule has 1 spiro atoms. The largest absolute Gasteiger partial charge is 0.481 e. The first-order valence-electron chi connectivity index (χ1n) is 12.8. The third-order valence-corrected chi connectivity index (χ3v) is 7.51. The molecule has 0 aromatic heterocycles. The van der Waals surface area contributed by atoms with E-state index in [1.807, 2.05) is 12.1 Å². The second kappa shape index (κ2) is 11.9. The first kappa shape index (κ1) is 27.5. The minimum absolute atomic E-state index is 0.0417. The normalized spacial score (nSPS) is 28.5. The molecule has 1 fully saturated rings. The Morgan fingerprint density at radius 2 is 1.76 bits per heavy atom. The molecular formula is C27H37NO9. The second-order valence-corrected chi connectivity index (χ2v) is 9.76. The van der Waals surface area contributed by atoms with E-state index in [0.29, 0.717) is 44.0 Å². The van der Waals surface area contributed by atoms with Crippen molar-refractivity contribution in [3.8, 4) is 11.5 Å². The highest BCUT2D eigenvalue weighted by molar-refractivity contribution is 5.73. The molecule has 0 unspecified atom stereocenters. The molecule has 204 valence electrons. The van der Waals surface area contributed by atoms with Crippen LogP contribution in [0.2, 0.25) is 0 Å². The van der Waals surface area contributed by atoms with Crippen molar-refractivity contribution in [1.82, 2.24) is 4.90 Å². The molecule has 2 heterocycles. The van der Waals surface area contributed by atoms with Crippen LogP contribution in [0.5, 0.6) is 11.5 Å². The van der Waals surface area contributed by atoms with E-state index in [1.165, 1.54) is 19.4 Å². The van der Waals surface area contributed by atoms with E-state index < -0.39 is 6.10 Å². The van der Waals surface area contributed by atoms with Gasteiger partial charge in [0.15, 0.2) is 17.6 Å². The number of likely N-dealkylation sites (tertiary alicyclic amines) is 1. The van der Waals surface area contributed by atoms with E-state index in [9.17, 15) is 9.59 Å². The Labute approximate surface area is 217 Å². The van der Waals surface area contributed by atoms with Crippen LogP contribution in [-0.4, -0.2) is 98.5 Å². The molecule has 2 N–H and O–H groups in total. The van der Waals surface area contributed by atoms with E-state index >= 15 is 0 Å². The fourth-order valence-corrected chi connectivity index (χ4v) is 6.19. The van der Waals surface area contributed by atoms with Crippen LogP contribution >= 0.6 is 0 Å². The number of hydrogen-bond acceptors (Lipinski definition) is 10. The number of ether oxygens (including phenoxy) is 5. The summed E-state index contributed by atoms with van der Waals surface area (Å²) in [5.74, 6) is 0.712. The fourth-order valence-electron chi connectivity index (χ4n) is 6.19. The summed E-state index contributed by atoms with van der Waals surface area (Å²) >= 11 is 0. The standard InChI is InChI=1S/C21H23NO5.C6H14O4/c1-11(23)25-16-6-4-13-10-15-14-5-7-17(26-12(2)24)20-21(14,8-9-22(15)3)18(13)19(16)27-20;7-1-3-9-5-6-10-4-2-8/h4-7,14-15,17,20H,8-10H2,1-3H3;7-8H,1-6H2/t14-,15+,17-,20-,21-;/m0./s1. The molecule has 2 aliphatic carbocycles. The Hall–Kier alpha value is -2.50. The van der Waals surface area contributed by atoms with Gasteiger partial charge in [0.1, 0.15) is 6.10 Å². The van der Waals surface area contributed by atoms with Gasteiger partial charge in [-0.3, -0.25) is 9.59 Å². The summed E-state index contributed by atoms with van der Waals surface area (Å²) in [6, 6.07) is 4.28. The summed E-state index contributed by atoms with van der Waals surface area (Å²) in [6.07, 6.45) is 5.31. The molecule has 2 bridgehead atoms. The summed E-state index contributed by atoms with van der Waals surface area (Å²) in [4.78, 5) is 25.7. The van der Waals surface area contributed by atoms with Gasteiger partial charge in [0.05, 0.1) is 39.6 Å². The van der Waals surface area contributed by atoms with Crippen molar-refractivity contribution in [3.63, 3.8) is 0 Å². The lowest BCUT2D eigenvalue weighted by molar-refractivity contribution is -0.152. The highest BCUT2D eigenvalue weighted by atomic mass is 16.6. The fraction of sp³-hybridized carbons (Fsp3) is 0.630. The maximum absolute atomic E-state index is 11.7. The van der Waals surface area contributed by atoms with Gasteiger partial charge in [0, 0.05) is 36.8 Å². The highest BCUT2D eigenvalue weighted by Crippen LogP contribution is 2.62. The molecule has 37 heavy (non-hydrogen) atoms. The van der Waals surface area contributed by atoms with E-state index in [0.717, 1.165) is 24.9 Å². The Morgan fingerprint density at radius 1 is 1.05 bits per heavy atom. The van der Waals surface area contributed by atoms with Crippen LogP contribution in [0.25, 0.3) is 0 Å². The van der Waals surface area contributed by atoms with Crippen molar-refractivity contribution in [3.05, 3.63) is 35.4 Å². The quantitative estimate of drug-likeness (QED) is 0.211. The third kappa shape index (κ3) is 5.39. The molecule has 0 radical (unpaired) electrons. The zero-order chi connectivity index (χ0) is 26.6. The maximum atomic E-state index is 11.7. The van der Waals surface area contributed by atoms with Gasteiger partial charge in [-0.05, 0) is 44.1 Å². The summed E-state index contributed by atoms with van der Waals surface area (Å²) < 4.78 is 27.2. The number of hydrogen-bond donors (Lipinski definition) is 2. The van der Waals surface area contributed by atoms with E-state index in [-0.39, 0.29) is 42.6 Å². The zero-order valence-electron chi connectivity index (χ0n) is 21.7. The Balaban J connectivity index is 0.000000275. The van der Waals surface area contributed by atoms with Crippen molar-refractivity contribution >= 4 is 11.9 Å². The number of benzene rings is 1. The maximum Gasteiger partial charge on any atom is 0.308 e. The number of aliphatic hydroxyl groups is 2. The summed E-state index contributed by atoms with van der Waals surface area (Å²) in [7, 11) is 2.17. The average molecular weight is 520 g/mol. The molecule has 1 aromatic rings. The first-order valence-corrected chi connectivity index (χ1v) is 12.8. The van der Waals surface area contributed by atoms with Crippen molar-refractivity contribution in [2.75, 3.05) is 53.2 Å². The monoisotopic (exact) mass is 519 g/mol. The Morgan fingerprint density at radius 3 is 2.38 bits per heavy atom. The number of esters is 2. The van der Waals surface area contributed by atoms with Gasteiger partial charge in [-0.2, -0.15) is 0 Å². The molecular weight excluding hydrogens is 482 g/mol. The van der Waals surface area contributed by atoms with Gasteiger partial charge in [-0.15, -0.1) is 0 Å². The average Bonchev–Trinajstić information content (AvgIpc) is 3.21. The molecule has 5 rings (SSSR count). The molecule has 1 saturated heterocycles. The summed E-state index contributed by atoms with van der Waals surface area (Å²) in [6.45, 7) is 5.50. The van der Waals surface area contributed by atoms with Crippen LogP contribution in [0.4, 0.5) is 0 Å². The van der Waals surface area contributed by atoms with E-state index in [1.54, 1.807) is 0 Å². The van der Waals surface area contributed by atoms with Crippen molar-refractivity contribution in [2.24, 2.45) is 5.92 Å².